The third-order valence-electron chi connectivity index (χ3n) is 3.31. The van der Waals surface area contributed by atoms with E-state index in [0.717, 1.165) is 28.9 Å². The van der Waals surface area contributed by atoms with Gasteiger partial charge in [-0.15, -0.1) is 10.2 Å². The Hall–Kier alpha value is -1.93. The molecule has 1 aromatic carbocycles. The highest BCUT2D eigenvalue weighted by molar-refractivity contribution is 7.99. The minimum atomic E-state index is -0.140. The number of carbonyl (C=O) groups is 1. The predicted octanol–water partition coefficient (Wildman–Crippen LogP) is 4.14. The molecule has 0 radical (unpaired) electrons. The summed E-state index contributed by atoms with van der Waals surface area (Å²) in [5, 5.41) is 12.9. The van der Waals surface area contributed by atoms with E-state index < -0.39 is 0 Å². The van der Waals surface area contributed by atoms with Crippen molar-refractivity contribution in [3.63, 3.8) is 0 Å². The number of hydrogen-bond donors (Lipinski definition) is 1. The monoisotopic (exact) mass is 362 g/mol. The molecule has 0 unspecified atom stereocenters. The van der Waals surface area contributed by atoms with Gasteiger partial charge in [0.05, 0.1) is 5.75 Å². The van der Waals surface area contributed by atoms with Crippen molar-refractivity contribution in [1.29, 1.82) is 0 Å². The maximum atomic E-state index is 12.0. The van der Waals surface area contributed by atoms with Gasteiger partial charge in [0.25, 0.3) is 5.22 Å². The molecule has 1 amide bonds. The molecule has 0 saturated carbocycles. The summed E-state index contributed by atoms with van der Waals surface area (Å²) in [5.74, 6) is 0.0795. The Labute approximate surface area is 148 Å². The van der Waals surface area contributed by atoms with Crippen LogP contribution in [0.2, 0.25) is 0 Å². The lowest BCUT2D eigenvalue weighted by molar-refractivity contribution is -0.113. The van der Waals surface area contributed by atoms with Crippen molar-refractivity contribution in [1.82, 2.24) is 15.2 Å². The molecule has 0 saturated heterocycles. The van der Waals surface area contributed by atoms with Crippen LogP contribution in [0.3, 0.4) is 0 Å². The summed E-state index contributed by atoms with van der Waals surface area (Å²) in [6, 6.07) is 7.53. The van der Waals surface area contributed by atoms with E-state index in [4.69, 9.17) is 4.42 Å². The minimum Gasteiger partial charge on any atom is -0.431 e. The van der Waals surface area contributed by atoms with Crippen molar-refractivity contribution < 1.29 is 9.21 Å². The van der Waals surface area contributed by atoms with Crippen molar-refractivity contribution in [3.05, 3.63) is 29.3 Å². The number of amides is 1. The van der Waals surface area contributed by atoms with Crippen LogP contribution in [0.4, 0.5) is 5.13 Å². The maximum Gasteiger partial charge on any atom is 0.257 e. The third kappa shape index (κ3) is 4.55. The number of anilines is 1. The van der Waals surface area contributed by atoms with Crippen LogP contribution in [0, 0.1) is 0 Å². The Bertz CT molecular complexity index is 782. The van der Waals surface area contributed by atoms with E-state index in [1.165, 1.54) is 35.9 Å². The average Bonchev–Trinajstić information content (AvgIpc) is 3.19. The quantitative estimate of drug-likeness (QED) is 0.479. The van der Waals surface area contributed by atoms with Gasteiger partial charge in [-0.3, -0.25) is 10.1 Å². The molecule has 3 rings (SSSR count). The summed E-state index contributed by atoms with van der Waals surface area (Å²) in [7, 11) is 0. The summed E-state index contributed by atoms with van der Waals surface area (Å²) in [4.78, 5) is 16.3. The van der Waals surface area contributed by atoms with Gasteiger partial charge in [0, 0.05) is 6.42 Å². The molecule has 2 aromatic heterocycles. The first kappa shape index (κ1) is 16.9. The van der Waals surface area contributed by atoms with Crippen LogP contribution < -0.4 is 5.32 Å². The number of thioether (sulfide) groups is 1. The van der Waals surface area contributed by atoms with Crippen LogP contribution in [0.15, 0.2) is 33.9 Å². The number of carbonyl (C=O) groups excluding carboxylic acids is 1. The van der Waals surface area contributed by atoms with Crippen LogP contribution in [0.25, 0.3) is 11.1 Å². The molecule has 0 spiro atoms. The first-order valence-electron chi connectivity index (χ1n) is 7.85. The zero-order chi connectivity index (χ0) is 16.8. The lowest BCUT2D eigenvalue weighted by Gasteiger charge is -1.98. The van der Waals surface area contributed by atoms with Gasteiger partial charge in [-0.05, 0) is 18.6 Å². The van der Waals surface area contributed by atoms with E-state index >= 15 is 0 Å². The molecule has 0 aliphatic rings. The molecular formula is C16H18N4O2S2. The molecule has 0 fully saturated rings. The first-order chi connectivity index (χ1) is 11.7. The number of rotatable bonds is 8. The minimum absolute atomic E-state index is 0.140. The topological polar surface area (TPSA) is 80.9 Å². The molecule has 0 bridgehead atoms. The van der Waals surface area contributed by atoms with E-state index in [2.05, 4.69) is 27.4 Å². The van der Waals surface area contributed by atoms with Crippen LogP contribution in [-0.2, 0) is 11.2 Å². The second kappa shape index (κ2) is 8.25. The molecule has 126 valence electrons. The second-order valence-corrected chi connectivity index (χ2v) is 7.23. The van der Waals surface area contributed by atoms with Gasteiger partial charge in [0.1, 0.15) is 10.5 Å². The molecule has 0 atom stereocenters. The second-order valence-electron chi connectivity index (χ2n) is 5.24. The zero-order valence-corrected chi connectivity index (χ0v) is 15.0. The standard InChI is InChI=1S/C16H18N4O2S2/c1-2-3-4-9-14-19-20-15(24-14)18-13(21)10-23-16-17-11-7-5-6-8-12(11)22-16/h5-8H,2-4,9-10H2,1H3,(H,18,20,21). The number of nitrogens with one attached hydrogen (secondary N) is 1. The maximum absolute atomic E-state index is 12.0. The third-order valence-corrected chi connectivity index (χ3v) is 5.03. The van der Waals surface area contributed by atoms with Crippen molar-refractivity contribution in [2.45, 2.75) is 37.8 Å². The van der Waals surface area contributed by atoms with Gasteiger partial charge in [0.15, 0.2) is 5.58 Å². The van der Waals surface area contributed by atoms with Crippen LogP contribution in [0.1, 0.15) is 31.2 Å². The van der Waals surface area contributed by atoms with E-state index in [1.807, 2.05) is 24.3 Å². The van der Waals surface area contributed by atoms with Crippen LogP contribution in [-0.4, -0.2) is 26.8 Å². The number of para-hydroxylation sites is 2. The van der Waals surface area contributed by atoms with Crippen molar-refractivity contribution >= 4 is 45.2 Å². The van der Waals surface area contributed by atoms with E-state index in [-0.39, 0.29) is 11.7 Å². The highest BCUT2D eigenvalue weighted by atomic mass is 32.2. The first-order valence-corrected chi connectivity index (χ1v) is 9.65. The van der Waals surface area contributed by atoms with Gasteiger partial charge < -0.3 is 4.42 Å². The molecule has 24 heavy (non-hydrogen) atoms. The average molecular weight is 362 g/mol. The largest absolute Gasteiger partial charge is 0.431 e. The fourth-order valence-electron chi connectivity index (χ4n) is 2.13. The Kier molecular flexibility index (Phi) is 5.81. The van der Waals surface area contributed by atoms with Gasteiger partial charge >= 0.3 is 0 Å². The summed E-state index contributed by atoms with van der Waals surface area (Å²) in [6.45, 7) is 2.17. The van der Waals surface area contributed by atoms with E-state index in [0.29, 0.717) is 10.4 Å². The molecule has 6 nitrogen and oxygen atoms in total. The SMILES string of the molecule is CCCCCc1nnc(NC(=O)CSc2nc3ccccc3o2)s1. The summed E-state index contributed by atoms with van der Waals surface area (Å²) < 4.78 is 5.57. The fraction of sp³-hybridized carbons (Fsp3) is 0.375. The predicted molar refractivity (Wildman–Crippen MR) is 96.5 cm³/mol. The smallest absolute Gasteiger partial charge is 0.257 e. The number of nitrogens with zero attached hydrogens (tertiary/aromatic N) is 3. The molecule has 0 aliphatic heterocycles. The summed E-state index contributed by atoms with van der Waals surface area (Å²) in [5.41, 5.74) is 1.52. The number of hydrogen-bond acceptors (Lipinski definition) is 7. The number of fused-ring (bicyclic) bond motifs is 1. The normalized spacial score (nSPS) is 11.0. The fourth-order valence-corrected chi connectivity index (χ4v) is 3.56. The molecule has 8 heteroatoms. The van der Waals surface area contributed by atoms with Crippen molar-refractivity contribution in [3.8, 4) is 0 Å². The lowest BCUT2D eigenvalue weighted by Crippen LogP contribution is -2.13. The number of oxazole rings is 1. The van der Waals surface area contributed by atoms with Crippen molar-refractivity contribution in [2.24, 2.45) is 0 Å². The Morgan fingerprint density at radius 1 is 1.29 bits per heavy atom. The molecule has 3 aromatic rings. The summed E-state index contributed by atoms with van der Waals surface area (Å²) in [6.07, 6.45) is 4.38. The molecule has 2 heterocycles. The van der Waals surface area contributed by atoms with Gasteiger partial charge in [0.2, 0.25) is 11.0 Å². The van der Waals surface area contributed by atoms with Gasteiger partial charge in [-0.2, -0.15) is 0 Å². The molecular weight excluding hydrogens is 344 g/mol. The van der Waals surface area contributed by atoms with Gasteiger partial charge in [-0.25, -0.2) is 4.98 Å². The molecule has 1 N–H and O–H groups in total. The highest BCUT2D eigenvalue weighted by Crippen LogP contribution is 2.23. The van der Waals surface area contributed by atoms with E-state index in [1.54, 1.807) is 0 Å². The number of aryl methyl sites for hydroxylation is 1. The molecule has 0 aliphatic carbocycles. The number of unbranched alkanes of at least 4 members (excludes halogenated alkanes) is 2. The van der Waals surface area contributed by atoms with Crippen molar-refractivity contribution in [2.75, 3.05) is 11.1 Å². The van der Waals surface area contributed by atoms with Crippen LogP contribution in [0.5, 0.6) is 0 Å². The Morgan fingerprint density at radius 3 is 3.00 bits per heavy atom. The Balaban J connectivity index is 1.48. The highest BCUT2D eigenvalue weighted by Gasteiger charge is 2.11. The summed E-state index contributed by atoms with van der Waals surface area (Å²) >= 11 is 2.70. The number of benzene rings is 1. The number of aromatic nitrogens is 3. The van der Waals surface area contributed by atoms with Crippen LogP contribution >= 0.6 is 23.1 Å². The lowest BCUT2D eigenvalue weighted by atomic mass is 10.2. The Morgan fingerprint density at radius 2 is 2.17 bits per heavy atom. The zero-order valence-electron chi connectivity index (χ0n) is 13.3. The van der Waals surface area contributed by atoms with Gasteiger partial charge in [-0.1, -0.05) is 55.0 Å². The van der Waals surface area contributed by atoms with E-state index in [9.17, 15) is 4.79 Å².